The van der Waals surface area contributed by atoms with E-state index in [9.17, 15) is 4.79 Å². The maximum atomic E-state index is 12.7. The highest BCUT2D eigenvalue weighted by Gasteiger charge is 2.44. The van der Waals surface area contributed by atoms with E-state index in [0.29, 0.717) is 12.1 Å². The van der Waals surface area contributed by atoms with Crippen LogP contribution in [0.4, 0.5) is 0 Å². The number of aromatic nitrogens is 2. The van der Waals surface area contributed by atoms with Gasteiger partial charge in [-0.15, -0.1) is 0 Å². The van der Waals surface area contributed by atoms with E-state index in [1.807, 2.05) is 37.3 Å². The quantitative estimate of drug-likeness (QED) is 0.678. The summed E-state index contributed by atoms with van der Waals surface area (Å²) in [4.78, 5) is 12.7. The highest BCUT2D eigenvalue weighted by atomic mass is 79.9. The Hall–Kier alpha value is -2.40. The summed E-state index contributed by atoms with van der Waals surface area (Å²) in [6, 6.07) is 18.3. The second-order valence-electron chi connectivity index (χ2n) is 6.86. The second kappa shape index (κ2) is 6.72. The molecule has 1 aliphatic rings. The smallest absolute Gasteiger partial charge is 0.254 e. The molecule has 1 N–H and O–H groups in total. The molecule has 1 aromatic heterocycles. The van der Waals surface area contributed by atoms with Gasteiger partial charge in [-0.1, -0.05) is 46.3 Å². The molecular weight excluding hydrogens is 390 g/mol. The number of nitrogens with one attached hydrogen (secondary N) is 1. The number of nitrogens with zero attached hydrogens (tertiary/aromatic N) is 2. The second-order valence-corrected chi connectivity index (χ2v) is 7.78. The Balaban J connectivity index is 1.48. The van der Waals surface area contributed by atoms with Crippen LogP contribution in [0.25, 0.3) is 5.69 Å². The zero-order valence-corrected chi connectivity index (χ0v) is 16.2. The van der Waals surface area contributed by atoms with Gasteiger partial charge in [0, 0.05) is 16.4 Å². The Morgan fingerprint density at radius 3 is 2.50 bits per heavy atom. The number of hydrogen-bond donors (Lipinski definition) is 1. The van der Waals surface area contributed by atoms with E-state index < -0.39 is 0 Å². The molecule has 0 atom stereocenters. The first-order chi connectivity index (χ1) is 12.6. The topological polar surface area (TPSA) is 46.9 Å². The summed E-state index contributed by atoms with van der Waals surface area (Å²) in [5.74, 6) is -0.0620. The third-order valence-corrected chi connectivity index (χ3v) is 5.68. The molecule has 132 valence electrons. The molecule has 0 aliphatic heterocycles. The van der Waals surface area contributed by atoms with E-state index in [1.54, 1.807) is 10.9 Å². The highest BCUT2D eigenvalue weighted by molar-refractivity contribution is 9.10. The average Bonchev–Trinajstić information content (AvgIpc) is 3.37. The maximum absolute atomic E-state index is 12.7. The van der Waals surface area contributed by atoms with Gasteiger partial charge in [0.05, 0.1) is 23.1 Å². The van der Waals surface area contributed by atoms with Crippen molar-refractivity contribution in [3.63, 3.8) is 0 Å². The van der Waals surface area contributed by atoms with E-state index in [2.05, 4.69) is 50.6 Å². The lowest BCUT2D eigenvalue weighted by molar-refractivity contribution is 0.0949. The number of amides is 1. The number of benzene rings is 2. The van der Waals surface area contributed by atoms with Gasteiger partial charge in [0.2, 0.25) is 0 Å². The lowest BCUT2D eigenvalue weighted by atomic mass is 9.96. The molecule has 5 heteroatoms. The first-order valence-electron chi connectivity index (χ1n) is 8.73. The summed E-state index contributed by atoms with van der Waals surface area (Å²) in [7, 11) is 0. The summed E-state index contributed by atoms with van der Waals surface area (Å²) in [5.41, 5.74) is 3.81. The van der Waals surface area contributed by atoms with E-state index in [0.717, 1.165) is 28.7 Å². The molecule has 3 aromatic rings. The minimum atomic E-state index is -0.0620. The van der Waals surface area contributed by atoms with Crippen molar-refractivity contribution in [2.45, 2.75) is 25.2 Å². The van der Waals surface area contributed by atoms with Gasteiger partial charge in [0.1, 0.15) is 0 Å². The van der Waals surface area contributed by atoms with Gasteiger partial charge in [0.25, 0.3) is 5.91 Å². The molecule has 4 rings (SSSR count). The Kier molecular flexibility index (Phi) is 4.41. The summed E-state index contributed by atoms with van der Waals surface area (Å²) in [5, 5.41) is 7.51. The molecule has 1 aliphatic carbocycles. The Labute approximate surface area is 161 Å². The van der Waals surface area contributed by atoms with Crippen LogP contribution in [0.1, 0.15) is 34.5 Å². The highest BCUT2D eigenvalue weighted by Crippen LogP contribution is 2.47. The average molecular weight is 410 g/mol. The number of rotatable bonds is 5. The van der Waals surface area contributed by atoms with Crippen molar-refractivity contribution in [3.8, 4) is 5.69 Å². The SMILES string of the molecule is Cc1c(C(=O)NCC2(c3ccccc3)CC2)cnn1-c1ccc(Br)cc1. The van der Waals surface area contributed by atoms with Crippen LogP contribution in [-0.2, 0) is 5.41 Å². The van der Waals surface area contributed by atoms with Gasteiger partial charge >= 0.3 is 0 Å². The molecule has 0 radical (unpaired) electrons. The fraction of sp³-hybridized carbons (Fsp3) is 0.238. The molecule has 0 saturated heterocycles. The molecule has 2 aromatic carbocycles. The molecule has 0 bridgehead atoms. The third kappa shape index (κ3) is 3.19. The van der Waals surface area contributed by atoms with Crippen molar-refractivity contribution in [2.24, 2.45) is 0 Å². The monoisotopic (exact) mass is 409 g/mol. The van der Waals surface area contributed by atoms with Crippen LogP contribution in [0.15, 0.2) is 65.3 Å². The first-order valence-corrected chi connectivity index (χ1v) is 9.53. The standard InChI is InChI=1S/C21H20BrN3O/c1-15-19(13-24-25(15)18-9-7-17(22)8-10-18)20(26)23-14-21(11-12-21)16-5-3-2-4-6-16/h2-10,13H,11-12,14H2,1H3,(H,23,26). The fourth-order valence-electron chi connectivity index (χ4n) is 3.33. The minimum absolute atomic E-state index is 0.0620. The summed E-state index contributed by atoms with van der Waals surface area (Å²) < 4.78 is 2.81. The number of carbonyl (C=O) groups is 1. The van der Waals surface area contributed by atoms with Crippen LogP contribution >= 0.6 is 15.9 Å². The van der Waals surface area contributed by atoms with Gasteiger partial charge in [-0.25, -0.2) is 4.68 Å². The van der Waals surface area contributed by atoms with Crippen molar-refractivity contribution >= 4 is 21.8 Å². The van der Waals surface area contributed by atoms with Crippen LogP contribution in [0.3, 0.4) is 0 Å². The zero-order valence-electron chi connectivity index (χ0n) is 14.6. The number of carbonyl (C=O) groups excluding carboxylic acids is 1. The molecule has 1 saturated carbocycles. The van der Waals surface area contributed by atoms with Gasteiger partial charge in [0.15, 0.2) is 0 Å². The largest absolute Gasteiger partial charge is 0.351 e. The van der Waals surface area contributed by atoms with Crippen molar-refractivity contribution in [2.75, 3.05) is 6.54 Å². The molecule has 1 heterocycles. The summed E-state index contributed by atoms with van der Waals surface area (Å²) in [6.45, 7) is 2.59. The predicted octanol–water partition coefficient (Wildman–Crippen LogP) is 4.40. The van der Waals surface area contributed by atoms with Crippen LogP contribution < -0.4 is 5.32 Å². The molecule has 0 spiro atoms. The lowest BCUT2D eigenvalue weighted by Gasteiger charge is -2.16. The van der Waals surface area contributed by atoms with E-state index in [-0.39, 0.29) is 11.3 Å². The maximum Gasteiger partial charge on any atom is 0.254 e. The van der Waals surface area contributed by atoms with Crippen LogP contribution in [0.2, 0.25) is 0 Å². The predicted molar refractivity (Wildman–Crippen MR) is 106 cm³/mol. The van der Waals surface area contributed by atoms with Gasteiger partial charge < -0.3 is 5.32 Å². The van der Waals surface area contributed by atoms with Crippen molar-refractivity contribution in [1.29, 1.82) is 0 Å². The first kappa shape index (κ1) is 17.0. The lowest BCUT2D eigenvalue weighted by Crippen LogP contribution is -2.32. The zero-order chi connectivity index (χ0) is 18.1. The fourth-order valence-corrected chi connectivity index (χ4v) is 3.59. The number of halogens is 1. The van der Waals surface area contributed by atoms with Crippen molar-refractivity contribution in [3.05, 3.63) is 82.1 Å². The van der Waals surface area contributed by atoms with Crippen molar-refractivity contribution in [1.82, 2.24) is 15.1 Å². The molecule has 1 amide bonds. The minimum Gasteiger partial charge on any atom is -0.351 e. The van der Waals surface area contributed by atoms with Crippen LogP contribution in [-0.4, -0.2) is 22.2 Å². The summed E-state index contributed by atoms with van der Waals surface area (Å²) in [6.07, 6.45) is 3.89. The third-order valence-electron chi connectivity index (χ3n) is 5.15. The molecule has 4 nitrogen and oxygen atoms in total. The molecule has 26 heavy (non-hydrogen) atoms. The van der Waals surface area contributed by atoms with E-state index in [1.165, 1.54) is 5.56 Å². The van der Waals surface area contributed by atoms with Crippen LogP contribution in [0.5, 0.6) is 0 Å². The molecular formula is C21H20BrN3O. The van der Waals surface area contributed by atoms with Crippen molar-refractivity contribution < 1.29 is 4.79 Å². The molecule has 1 fully saturated rings. The van der Waals surface area contributed by atoms with Gasteiger partial charge in [-0.2, -0.15) is 5.10 Å². The van der Waals surface area contributed by atoms with Gasteiger partial charge in [-0.05, 0) is 49.6 Å². The van der Waals surface area contributed by atoms with Crippen LogP contribution in [0, 0.1) is 6.92 Å². The normalized spacial score (nSPS) is 14.8. The Morgan fingerprint density at radius 1 is 1.15 bits per heavy atom. The number of hydrogen-bond acceptors (Lipinski definition) is 2. The van der Waals surface area contributed by atoms with E-state index >= 15 is 0 Å². The Morgan fingerprint density at radius 2 is 1.85 bits per heavy atom. The summed E-state index contributed by atoms with van der Waals surface area (Å²) >= 11 is 3.44. The van der Waals surface area contributed by atoms with E-state index in [4.69, 9.17) is 0 Å². The Bertz CT molecular complexity index is 928. The van der Waals surface area contributed by atoms with Gasteiger partial charge in [-0.3, -0.25) is 4.79 Å². The molecule has 0 unspecified atom stereocenters.